The van der Waals surface area contributed by atoms with Crippen molar-refractivity contribution in [3.63, 3.8) is 0 Å². The van der Waals surface area contributed by atoms with E-state index in [-0.39, 0.29) is 5.92 Å². The molecule has 0 aromatic rings. The first-order valence-corrected chi connectivity index (χ1v) is 4.67. The average Bonchev–Trinajstić information content (AvgIpc) is 2.07. The third kappa shape index (κ3) is 2.21. The Labute approximate surface area is 73.2 Å². The first kappa shape index (κ1) is 9.52. The van der Waals surface area contributed by atoms with Crippen molar-refractivity contribution in [1.29, 1.82) is 0 Å². The molecule has 1 fully saturated rings. The van der Waals surface area contributed by atoms with E-state index >= 15 is 0 Å². The zero-order valence-electron chi connectivity index (χ0n) is 7.51. The third-order valence-corrected chi connectivity index (χ3v) is 2.70. The first-order chi connectivity index (χ1) is 5.75. The van der Waals surface area contributed by atoms with Crippen molar-refractivity contribution in [3.05, 3.63) is 0 Å². The van der Waals surface area contributed by atoms with Gasteiger partial charge in [-0.05, 0) is 38.3 Å². The lowest BCUT2D eigenvalue weighted by atomic mass is 9.83. The Hall–Kier alpha value is -0.570. The Morgan fingerprint density at radius 1 is 1.58 bits per heavy atom. The normalized spacial score (nSPS) is 22.1. The minimum Gasteiger partial charge on any atom is -0.550 e. The average molecular weight is 170 g/mol. The Morgan fingerprint density at radius 2 is 2.17 bits per heavy atom. The van der Waals surface area contributed by atoms with Crippen molar-refractivity contribution < 1.29 is 9.90 Å². The summed E-state index contributed by atoms with van der Waals surface area (Å²) in [6.45, 7) is 3.82. The van der Waals surface area contributed by atoms with Crippen LogP contribution in [0.3, 0.4) is 0 Å². The van der Waals surface area contributed by atoms with Crippen LogP contribution in [0.5, 0.6) is 0 Å². The van der Waals surface area contributed by atoms with Crippen LogP contribution in [0.25, 0.3) is 0 Å². The molecule has 1 N–H and O–H groups in total. The van der Waals surface area contributed by atoms with E-state index in [0.717, 1.165) is 25.9 Å². The van der Waals surface area contributed by atoms with Crippen LogP contribution in [0.2, 0.25) is 0 Å². The first-order valence-electron chi connectivity index (χ1n) is 4.67. The molecule has 1 rings (SSSR count). The van der Waals surface area contributed by atoms with E-state index in [4.69, 9.17) is 0 Å². The van der Waals surface area contributed by atoms with Gasteiger partial charge < -0.3 is 15.2 Å². The summed E-state index contributed by atoms with van der Waals surface area (Å²) in [6.07, 6.45) is 2.66. The minimum atomic E-state index is -0.871. The van der Waals surface area contributed by atoms with Crippen molar-refractivity contribution in [2.24, 2.45) is 11.8 Å². The molecule has 1 saturated heterocycles. The van der Waals surface area contributed by atoms with Crippen LogP contribution in [-0.2, 0) is 4.79 Å². The summed E-state index contributed by atoms with van der Waals surface area (Å²) in [4.78, 5) is 10.7. The Morgan fingerprint density at radius 3 is 2.58 bits per heavy atom. The highest BCUT2D eigenvalue weighted by Crippen LogP contribution is 2.23. The summed E-state index contributed by atoms with van der Waals surface area (Å²) in [5, 5.41) is 13.9. The van der Waals surface area contributed by atoms with E-state index in [0.29, 0.717) is 12.3 Å². The lowest BCUT2D eigenvalue weighted by molar-refractivity contribution is -0.313. The number of carboxylic acids is 1. The van der Waals surface area contributed by atoms with E-state index in [2.05, 4.69) is 5.32 Å². The summed E-state index contributed by atoms with van der Waals surface area (Å²) in [6, 6.07) is 0. The van der Waals surface area contributed by atoms with Crippen molar-refractivity contribution >= 4 is 5.97 Å². The molecule has 0 saturated carbocycles. The van der Waals surface area contributed by atoms with E-state index in [1.165, 1.54) is 0 Å². The second-order valence-electron chi connectivity index (χ2n) is 3.42. The minimum absolute atomic E-state index is 0.230. The number of nitrogens with one attached hydrogen (secondary N) is 1. The summed E-state index contributed by atoms with van der Waals surface area (Å²) in [7, 11) is 0. The molecule has 0 radical (unpaired) electrons. The third-order valence-electron chi connectivity index (χ3n) is 2.70. The molecule has 1 atom stereocenters. The number of carboxylic acid groups (broad SMARTS) is 1. The molecule has 1 heterocycles. The highest BCUT2D eigenvalue weighted by atomic mass is 16.4. The van der Waals surface area contributed by atoms with Crippen LogP contribution in [0, 0.1) is 11.8 Å². The quantitative estimate of drug-likeness (QED) is 0.636. The maximum absolute atomic E-state index is 10.7. The highest BCUT2D eigenvalue weighted by molar-refractivity contribution is 5.67. The molecule has 0 aliphatic carbocycles. The summed E-state index contributed by atoms with van der Waals surface area (Å²) in [5.74, 6) is -0.766. The Balaban J connectivity index is 2.46. The Kier molecular flexibility index (Phi) is 3.53. The number of aliphatic carboxylic acids is 1. The summed E-state index contributed by atoms with van der Waals surface area (Å²) >= 11 is 0. The molecule has 1 unspecified atom stereocenters. The lowest BCUT2D eigenvalue weighted by Crippen LogP contribution is -2.40. The molecule has 3 nitrogen and oxygen atoms in total. The van der Waals surface area contributed by atoms with Crippen LogP contribution >= 0.6 is 0 Å². The molecule has 3 heteroatoms. The van der Waals surface area contributed by atoms with E-state index in [1.54, 1.807) is 0 Å². The number of hydrogen-bond acceptors (Lipinski definition) is 3. The number of hydrogen-bond donors (Lipinski definition) is 1. The molecule has 1 aliphatic rings. The van der Waals surface area contributed by atoms with Gasteiger partial charge in [-0.15, -0.1) is 0 Å². The van der Waals surface area contributed by atoms with Crippen LogP contribution < -0.4 is 10.4 Å². The zero-order valence-corrected chi connectivity index (χ0v) is 7.51. The van der Waals surface area contributed by atoms with Gasteiger partial charge in [-0.2, -0.15) is 0 Å². The second-order valence-corrected chi connectivity index (χ2v) is 3.42. The molecular weight excluding hydrogens is 154 g/mol. The predicted octanol–water partition coefficient (Wildman–Crippen LogP) is -0.238. The van der Waals surface area contributed by atoms with Crippen LogP contribution in [0.4, 0.5) is 0 Å². The van der Waals surface area contributed by atoms with E-state index in [9.17, 15) is 9.90 Å². The predicted molar refractivity (Wildman–Crippen MR) is 44.4 cm³/mol. The number of rotatable bonds is 3. The highest BCUT2D eigenvalue weighted by Gasteiger charge is 2.22. The molecular formula is C9H16NO2-. The summed E-state index contributed by atoms with van der Waals surface area (Å²) < 4.78 is 0. The van der Waals surface area contributed by atoms with E-state index in [1.807, 2.05) is 6.92 Å². The van der Waals surface area contributed by atoms with Gasteiger partial charge in [0.05, 0.1) is 0 Å². The smallest absolute Gasteiger partial charge is 0.0447 e. The van der Waals surface area contributed by atoms with Crippen molar-refractivity contribution in [2.45, 2.75) is 26.2 Å². The largest absolute Gasteiger partial charge is 0.550 e. The fourth-order valence-corrected chi connectivity index (χ4v) is 1.94. The van der Waals surface area contributed by atoms with Crippen molar-refractivity contribution in [2.75, 3.05) is 13.1 Å². The fourth-order valence-electron chi connectivity index (χ4n) is 1.94. The SMILES string of the molecule is CCC(C(=O)[O-])C1CCNCC1. The molecule has 1 aliphatic heterocycles. The molecule has 12 heavy (non-hydrogen) atoms. The number of carbonyl (C=O) groups is 1. The maximum atomic E-state index is 10.7. The van der Waals surface area contributed by atoms with Crippen LogP contribution in [-0.4, -0.2) is 19.1 Å². The maximum Gasteiger partial charge on any atom is 0.0447 e. The standard InChI is InChI=1S/C9H17NO2/c1-2-8(9(11)12)7-3-5-10-6-4-7/h7-8,10H,2-6H2,1H3,(H,11,12)/p-1. The molecule has 0 spiro atoms. The molecule has 0 bridgehead atoms. The molecule has 0 amide bonds. The lowest BCUT2D eigenvalue weighted by Gasteiger charge is -2.30. The van der Waals surface area contributed by atoms with Crippen LogP contribution in [0.15, 0.2) is 0 Å². The van der Waals surface area contributed by atoms with Crippen molar-refractivity contribution in [3.8, 4) is 0 Å². The topological polar surface area (TPSA) is 52.2 Å². The van der Waals surface area contributed by atoms with Crippen LogP contribution in [0.1, 0.15) is 26.2 Å². The number of carbonyl (C=O) groups excluding carboxylic acids is 1. The van der Waals surface area contributed by atoms with Gasteiger partial charge in [0.2, 0.25) is 0 Å². The fraction of sp³-hybridized carbons (Fsp3) is 0.889. The van der Waals surface area contributed by atoms with Gasteiger partial charge in [0.15, 0.2) is 0 Å². The molecule has 0 aromatic carbocycles. The monoisotopic (exact) mass is 170 g/mol. The van der Waals surface area contributed by atoms with Gasteiger partial charge in [0.25, 0.3) is 0 Å². The van der Waals surface area contributed by atoms with Gasteiger partial charge in [-0.25, -0.2) is 0 Å². The van der Waals surface area contributed by atoms with Gasteiger partial charge in [0.1, 0.15) is 0 Å². The van der Waals surface area contributed by atoms with E-state index < -0.39 is 5.97 Å². The zero-order chi connectivity index (χ0) is 8.97. The van der Waals surface area contributed by atoms with Gasteiger partial charge in [0, 0.05) is 11.9 Å². The van der Waals surface area contributed by atoms with Gasteiger partial charge in [-0.3, -0.25) is 0 Å². The van der Waals surface area contributed by atoms with Gasteiger partial charge >= 0.3 is 0 Å². The number of piperidine rings is 1. The molecule has 0 aromatic heterocycles. The summed E-state index contributed by atoms with van der Waals surface area (Å²) in [5.41, 5.74) is 0. The van der Waals surface area contributed by atoms with Gasteiger partial charge in [-0.1, -0.05) is 6.92 Å². The molecule has 70 valence electrons. The second kappa shape index (κ2) is 4.45. The Bertz CT molecular complexity index is 153. The van der Waals surface area contributed by atoms with Crippen molar-refractivity contribution in [1.82, 2.24) is 5.32 Å².